The lowest BCUT2D eigenvalue weighted by atomic mass is 10.2. The van der Waals surface area contributed by atoms with Gasteiger partial charge in [0.2, 0.25) is 5.91 Å². The molecule has 1 aromatic heterocycles. The molecular weight excluding hydrogens is 286 g/mol. The molecule has 0 aliphatic carbocycles. The van der Waals surface area contributed by atoms with Crippen LogP contribution >= 0.6 is 11.6 Å². The Kier molecular flexibility index (Phi) is 3.80. The number of pyridine rings is 1. The van der Waals surface area contributed by atoms with Gasteiger partial charge in [-0.25, -0.2) is 0 Å². The van der Waals surface area contributed by atoms with Crippen LogP contribution in [0.15, 0.2) is 36.5 Å². The summed E-state index contributed by atoms with van der Waals surface area (Å²) in [5, 5.41) is 3.89. The van der Waals surface area contributed by atoms with Crippen LogP contribution in [0.1, 0.15) is 18.2 Å². The van der Waals surface area contributed by atoms with Crippen molar-refractivity contribution in [3.05, 3.63) is 52.8 Å². The third-order valence-corrected chi connectivity index (χ3v) is 3.73. The first-order valence-corrected chi connectivity index (χ1v) is 7.33. The number of amides is 1. The van der Waals surface area contributed by atoms with E-state index in [1.165, 1.54) is 0 Å². The molecule has 4 nitrogen and oxygen atoms in total. The van der Waals surface area contributed by atoms with E-state index in [-0.39, 0.29) is 5.91 Å². The zero-order valence-electron chi connectivity index (χ0n) is 11.8. The quantitative estimate of drug-likeness (QED) is 0.943. The molecule has 0 unspecified atom stereocenters. The van der Waals surface area contributed by atoms with Gasteiger partial charge in [0.15, 0.2) is 0 Å². The molecule has 21 heavy (non-hydrogen) atoms. The standard InChI is InChI=1S/C16H16ClN3O/c1-2-18-13-5-6-19-14(9-13)10-20-15-8-12(17)4-3-11(15)7-16(20)21/h3-6,8-9H,2,7,10H2,1H3,(H,18,19). The van der Waals surface area contributed by atoms with Crippen molar-refractivity contribution in [3.8, 4) is 0 Å². The minimum absolute atomic E-state index is 0.0860. The van der Waals surface area contributed by atoms with E-state index in [0.717, 1.165) is 29.2 Å². The van der Waals surface area contributed by atoms with Crippen LogP contribution in [0, 0.1) is 0 Å². The van der Waals surface area contributed by atoms with E-state index in [2.05, 4.69) is 10.3 Å². The molecule has 2 heterocycles. The molecule has 3 rings (SSSR count). The summed E-state index contributed by atoms with van der Waals surface area (Å²) in [6.45, 7) is 3.36. The average molecular weight is 302 g/mol. The molecule has 0 atom stereocenters. The Bertz CT molecular complexity index is 687. The van der Waals surface area contributed by atoms with Crippen molar-refractivity contribution in [2.24, 2.45) is 0 Å². The van der Waals surface area contributed by atoms with Crippen LogP contribution in [0.3, 0.4) is 0 Å². The normalized spacial score (nSPS) is 13.4. The van der Waals surface area contributed by atoms with Crippen LogP contribution in [0.4, 0.5) is 11.4 Å². The Hall–Kier alpha value is -2.07. The zero-order valence-corrected chi connectivity index (χ0v) is 12.5. The first kappa shape index (κ1) is 13.9. The highest BCUT2D eigenvalue weighted by Crippen LogP contribution is 2.32. The van der Waals surface area contributed by atoms with Crippen LogP contribution in [0.2, 0.25) is 5.02 Å². The van der Waals surface area contributed by atoms with Gasteiger partial charge in [0, 0.05) is 29.1 Å². The van der Waals surface area contributed by atoms with Crippen LogP contribution in [0.5, 0.6) is 0 Å². The van der Waals surface area contributed by atoms with Crippen molar-refractivity contribution >= 4 is 28.9 Å². The summed E-state index contributed by atoms with van der Waals surface area (Å²) < 4.78 is 0. The summed E-state index contributed by atoms with van der Waals surface area (Å²) in [6, 6.07) is 9.47. The Morgan fingerprint density at radius 3 is 3.00 bits per heavy atom. The van der Waals surface area contributed by atoms with Crippen molar-refractivity contribution in [1.82, 2.24) is 4.98 Å². The van der Waals surface area contributed by atoms with Crippen molar-refractivity contribution < 1.29 is 4.79 Å². The zero-order chi connectivity index (χ0) is 14.8. The molecule has 0 spiro atoms. The van der Waals surface area contributed by atoms with E-state index < -0.39 is 0 Å². The highest BCUT2D eigenvalue weighted by Gasteiger charge is 2.27. The van der Waals surface area contributed by atoms with E-state index in [0.29, 0.717) is 18.0 Å². The Morgan fingerprint density at radius 2 is 2.19 bits per heavy atom. The first-order chi connectivity index (χ1) is 10.2. The SMILES string of the molecule is CCNc1ccnc(CN2C(=O)Cc3ccc(Cl)cc32)c1. The summed E-state index contributed by atoms with van der Waals surface area (Å²) in [6.07, 6.45) is 2.19. The maximum atomic E-state index is 12.2. The lowest BCUT2D eigenvalue weighted by Gasteiger charge is -2.17. The van der Waals surface area contributed by atoms with E-state index in [9.17, 15) is 4.79 Å². The highest BCUT2D eigenvalue weighted by molar-refractivity contribution is 6.31. The van der Waals surface area contributed by atoms with E-state index in [1.54, 1.807) is 11.1 Å². The minimum atomic E-state index is 0.0860. The largest absolute Gasteiger partial charge is 0.385 e. The summed E-state index contributed by atoms with van der Waals surface area (Å²) >= 11 is 6.04. The van der Waals surface area contributed by atoms with Crippen molar-refractivity contribution in [2.45, 2.75) is 19.9 Å². The summed E-state index contributed by atoms with van der Waals surface area (Å²) in [5.41, 5.74) is 3.78. The molecule has 0 radical (unpaired) electrons. The number of nitrogens with zero attached hydrogens (tertiary/aromatic N) is 2. The van der Waals surface area contributed by atoms with Crippen molar-refractivity contribution in [3.63, 3.8) is 0 Å². The molecule has 1 N–H and O–H groups in total. The number of nitrogens with one attached hydrogen (secondary N) is 1. The van der Waals surface area contributed by atoms with Crippen molar-refractivity contribution in [2.75, 3.05) is 16.8 Å². The molecule has 0 saturated heterocycles. The predicted molar refractivity (Wildman–Crippen MR) is 84.7 cm³/mol. The summed E-state index contributed by atoms with van der Waals surface area (Å²) in [5.74, 6) is 0.0860. The topological polar surface area (TPSA) is 45.2 Å². The number of benzene rings is 1. The lowest BCUT2D eigenvalue weighted by molar-refractivity contribution is -0.117. The molecule has 1 aliphatic heterocycles. The second kappa shape index (κ2) is 5.74. The number of carbonyl (C=O) groups excluding carboxylic acids is 1. The van der Waals surface area contributed by atoms with Gasteiger partial charge < -0.3 is 10.2 Å². The van der Waals surface area contributed by atoms with Gasteiger partial charge in [0.05, 0.1) is 18.7 Å². The summed E-state index contributed by atoms with van der Waals surface area (Å²) in [7, 11) is 0. The Labute approximate surface area is 128 Å². The molecular formula is C16H16ClN3O. The van der Waals surface area contributed by atoms with Gasteiger partial charge in [0.25, 0.3) is 0 Å². The molecule has 1 aromatic carbocycles. The molecule has 0 saturated carbocycles. The Morgan fingerprint density at radius 1 is 1.33 bits per heavy atom. The number of aromatic nitrogens is 1. The number of fused-ring (bicyclic) bond motifs is 1. The maximum Gasteiger partial charge on any atom is 0.231 e. The number of halogens is 1. The van der Waals surface area contributed by atoms with Gasteiger partial charge in [-0.15, -0.1) is 0 Å². The fraction of sp³-hybridized carbons (Fsp3) is 0.250. The van der Waals surface area contributed by atoms with Gasteiger partial charge in [-0.1, -0.05) is 17.7 Å². The fourth-order valence-electron chi connectivity index (χ4n) is 2.54. The minimum Gasteiger partial charge on any atom is -0.385 e. The molecule has 2 aromatic rings. The van der Waals surface area contributed by atoms with Gasteiger partial charge in [-0.2, -0.15) is 0 Å². The van der Waals surface area contributed by atoms with E-state index in [1.807, 2.05) is 37.3 Å². The number of anilines is 2. The predicted octanol–water partition coefficient (Wildman–Crippen LogP) is 3.26. The third kappa shape index (κ3) is 2.85. The second-order valence-electron chi connectivity index (χ2n) is 5.00. The second-order valence-corrected chi connectivity index (χ2v) is 5.43. The Balaban J connectivity index is 1.87. The number of rotatable bonds is 4. The molecule has 0 bridgehead atoms. The number of carbonyl (C=O) groups is 1. The fourth-order valence-corrected chi connectivity index (χ4v) is 2.71. The van der Waals surface area contributed by atoms with Crippen molar-refractivity contribution in [1.29, 1.82) is 0 Å². The van der Waals surface area contributed by atoms with E-state index in [4.69, 9.17) is 11.6 Å². The van der Waals surface area contributed by atoms with Gasteiger partial charge >= 0.3 is 0 Å². The van der Waals surface area contributed by atoms with Gasteiger partial charge in [-0.05, 0) is 36.8 Å². The molecule has 108 valence electrons. The molecule has 1 aliphatic rings. The average Bonchev–Trinajstić information content (AvgIpc) is 2.76. The van der Waals surface area contributed by atoms with Crippen LogP contribution in [-0.4, -0.2) is 17.4 Å². The van der Waals surface area contributed by atoms with E-state index >= 15 is 0 Å². The first-order valence-electron chi connectivity index (χ1n) is 6.95. The van der Waals surface area contributed by atoms with Crippen LogP contribution in [0.25, 0.3) is 0 Å². The monoisotopic (exact) mass is 301 g/mol. The molecule has 1 amide bonds. The van der Waals surface area contributed by atoms with Crippen LogP contribution < -0.4 is 10.2 Å². The molecule has 0 fully saturated rings. The lowest BCUT2D eigenvalue weighted by Crippen LogP contribution is -2.26. The highest BCUT2D eigenvalue weighted by atomic mass is 35.5. The summed E-state index contributed by atoms with van der Waals surface area (Å²) in [4.78, 5) is 18.3. The number of hydrogen-bond acceptors (Lipinski definition) is 3. The van der Waals surface area contributed by atoms with Crippen LogP contribution in [-0.2, 0) is 17.8 Å². The maximum absolute atomic E-state index is 12.2. The smallest absolute Gasteiger partial charge is 0.231 e. The van der Waals surface area contributed by atoms with Gasteiger partial charge in [0.1, 0.15) is 0 Å². The third-order valence-electron chi connectivity index (χ3n) is 3.50. The number of hydrogen-bond donors (Lipinski definition) is 1. The van der Waals surface area contributed by atoms with Gasteiger partial charge in [-0.3, -0.25) is 9.78 Å². The molecule has 5 heteroatoms.